The first-order chi connectivity index (χ1) is 9.42. The first-order valence-electron chi connectivity index (χ1n) is 5.84. The summed E-state index contributed by atoms with van der Waals surface area (Å²) in [6, 6.07) is 4.50. The summed E-state index contributed by atoms with van der Waals surface area (Å²) in [5, 5.41) is 7.18. The zero-order chi connectivity index (χ0) is 14.8. The van der Waals surface area contributed by atoms with Crippen molar-refractivity contribution < 1.29 is 8.42 Å². The highest BCUT2D eigenvalue weighted by Crippen LogP contribution is 2.22. The number of hydrogen-bond acceptors (Lipinski definition) is 6. The Morgan fingerprint density at radius 1 is 1.40 bits per heavy atom. The van der Waals surface area contributed by atoms with Crippen molar-refractivity contribution in [2.24, 2.45) is 7.05 Å². The van der Waals surface area contributed by atoms with Gasteiger partial charge in [0.05, 0.1) is 22.8 Å². The second-order valence-electron chi connectivity index (χ2n) is 4.14. The lowest BCUT2D eigenvalue weighted by Gasteiger charge is -2.09. The fraction of sp³-hybridized carbons (Fsp3) is 0.273. The van der Waals surface area contributed by atoms with Crippen LogP contribution in [0.1, 0.15) is 5.82 Å². The van der Waals surface area contributed by atoms with Crippen molar-refractivity contribution >= 4 is 21.4 Å². The fourth-order valence-electron chi connectivity index (χ4n) is 1.63. The molecule has 2 aromatic rings. The Morgan fingerprint density at radius 2 is 2.15 bits per heavy atom. The lowest BCUT2D eigenvalue weighted by molar-refractivity contribution is 0.588. The van der Waals surface area contributed by atoms with Crippen molar-refractivity contribution in [2.45, 2.75) is 11.4 Å². The second kappa shape index (κ2) is 5.47. The third-order valence-electron chi connectivity index (χ3n) is 2.69. The molecule has 0 fully saturated rings. The fourth-order valence-corrected chi connectivity index (χ4v) is 2.39. The molecule has 2 rings (SSSR count). The summed E-state index contributed by atoms with van der Waals surface area (Å²) in [5.41, 5.74) is 6.82. The normalized spacial score (nSPS) is 11.5. The molecule has 0 unspecified atom stereocenters. The average molecular weight is 296 g/mol. The Kier molecular flexibility index (Phi) is 3.91. The van der Waals surface area contributed by atoms with E-state index in [1.807, 2.05) is 0 Å². The van der Waals surface area contributed by atoms with Gasteiger partial charge in [0, 0.05) is 7.05 Å². The lowest BCUT2D eigenvalue weighted by Crippen LogP contribution is -2.18. The van der Waals surface area contributed by atoms with Crippen molar-refractivity contribution in [3.63, 3.8) is 0 Å². The smallest absolute Gasteiger partial charge is 0.240 e. The van der Waals surface area contributed by atoms with Gasteiger partial charge in [0.2, 0.25) is 10.0 Å². The van der Waals surface area contributed by atoms with E-state index in [0.29, 0.717) is 23.7 Å². The number of rotatable bonds is 5. The molecule has 1 heterocycles. The summed E-state index contributed by atoms with van der Waals surface area (Å²) in [4.78, 5) is 4.20. The van der Waals surface area contributed by atoms with Gasteiger partial charge in [-0.3, -0.25) is 4.68 Å². The zero-order valence-electron chi connectivity index (χ0n) is 11.2. The number of nitrogen functional groups attached to an aromatic ring is 1. The Morgan fingerprint density at radius 3 is 2.70 bits per heavy atom. The van der Waals surface area contributed by atoms with Gasteiger partial charge in [0.1, 0.15) is 6.33 Å². The number of aromatic nitrogens is 3. The van der Waals surface area contributed by atoms with Gasteiger partial charge in [-0.05, 0) is 25.2 Å². The zero-order valence-corrected chi connectivity index (χ0v) is 12.0. The predicted octanol–water partition coefficient (Wildman–Crippen LogP) is -0.0825. The van der Waals surface area contributed by atoms with E-state index in [1.165, 1.54) is 19.2 Å². The van der Waals surface area contributed by atoms with Crippen LogP contribution in [0.4, 0.5) is 11.4 Å². The van der Waals surface area contributed by atoms with Crippen molar-refractivity contribution in [2.75, 3.05) is 18.1 Å². The van der Waals surface area contributed by atoms with Gasteiger partial charge in [-0.25, -0.2) is 18.1 Å². The molecule has 0 bridgehead atoms. The van der Waals surface area contributed by atoms with Crippen LogP contribution in [0.15, 0.2) is 29.4 Å². The highest BCUT2D eigenvalue weighted by atomic mass is 32.2. The number of nitrogens with zero attached hydrogens (tertiary/aromatic N) is 3. The molecule has 0 saturated carbocycles. The summed E-state index contributed by atoms with van der Waals surface area (Å²) >= 11 is 0. The van der Waals surface area contributed by atoms with Crippen LogP contribution in [0.3, 0.4) is 0 Å². The molecule has 1 aromatic carbocycles. The molecular weight excluding hydrogens is 280 g/mol. The van der Waals surface area contributed by atoms with Crippen molar-refractivity contribution in [1.29, 1.82) is 0 Å². The largest absolute Gasteiger partial charge is 0.397 e. The molecule has 0 amide bonds. The van der Waals surface area contributed by atoms with E-state index >= 15 is 0 Å². The molecule has 0 aliphatic rings. The number of nitrogens with one attached hydrogen (secondary N) is 2. The first-order valence-corrected chi connectivity index (χ1v) is 7.32. The van der Waals surface area contributed by atoms with Gasteiger partial charge in [0.25, 0.3) is 0 Å². The van der Waals surface area contributed by atoms with E-state index in [1.54, 1.807) is 24.1 Å². The van der Waals surface area contributed by atoms with Crippen LogP contribution in [-0.2, 0) is 23.6 Å². The highest BCUT2D eigenvalue weighted by Gasteiger charge is 2.13. The lowest BCUT2D eigenvalue weighted by atomic mass is 10.2. The highest BCUT2D eigenvalue weighted by molar-refractivity contribution is 7.89. The van der Waals surface area contributed by atoms with E-state index in [4.69, 9.17) is 5.73 Å². The molecule has 8 nitrogen and oxygen atoms in total. The third kappa shape index (κ3) is 3.06. The topological polar surface area (TPSA) is 115 Å². The summed E-state index contributed by atoms with van der Waals surface area (Å²) in [5.74, 6) is 0.624. The van der Waals surface area contributed by atoms with Gasteiger partial charge in [-0.15, -0.1) is 0 Å². The maximum Gasteiger partial charge on any atom is 0.240 e. The minimum Gasteiger partial charge on any atom is -0.397 e. The molecule has 0 radical (unpaired) electrons. The Bertz CT molecular complexity index is 709. The molecule has 0 atom stereocenters. The Labute approximate surface area is 117 Å². The number of benzene rings is 1. The third-order valence-corrected chi connectivity index (χ3v) is 4.10. The summed E-state index contributed by atoms with van der Waals surface area (Å²) in [6.07, 6.45) is 1.60. The average Bonchev–Trinajstić information content (AvgIpc) is 2.83. The van der Waals surface area contributed by atoms with Crippen LogP contribution in [0, 0.1) is 0 Å². The van der Waals surface area contributed by atoms with E-state index in [-0.39, 0.29) is 4.90 Å². The number of anilines is 2. The first kappa shape index (κ1) is 14.3. The number of sulfonamides is 1. The van der Waals surface area contributed by atoms with E-state index in [0.717, 1.165) is 0 Å². The number of aryl methyl sites for hydroxylation is 1. The van der Waals surface area contributed by atoms with E-state index < -0.39 is 10.0 Å². The minimum atomic E-state index is -3.49. The van der Waals surface area contributed by atoms with Crippen LogP contribution in [0.25, 0.3) is 0 Å². The minimum absolute atomic E-state index is 0.124. The maximum atomic E-state index is 11.6. The van der Waals surface area contributed by atoms with Crippen LogP contribution in [-0.4, -0.2) is 30.2 Å². The molecule has 0 saturated heterocycles. The van der Waals surface area contributed by atoms with Gasteiger partial charge >= 0.3 is 0 Å². The van der Waals surface area contributed by atoms with E-state index in [9.17, 15) is 8.42 Å². The molecular formula is C11H16N6O2S. The predicted molar refractivity (Wildman–Crippen MR) is 75.4 cm³/mol. The summed E-state index contributed by atoms with van der Waals surface area (Å²) in [6.45, 7) is 0.406. The molecule has 0 aliphatic heterocycles. The number of hydrogen-bond donors (Lipinski definition) is 3. The van der Waals surface area contributed by atoms with E-state index in [2.05, 4.69) is 20.1 Å². The quantitative estimate of drug-likeness (QED) is 0.665. The van der Waals surface area contributed by atoms with Crippen molar-refractivity contribution in [3.05, 3.63) is 30.4 Å². The van der Waals surface area contributed by atoms with Gasteiger partial charge in [0.15, 0.2) is 5.82 Å². The van der Waals surface area contributed by atoms with Gasteiger partial charge in [-0.2, -0.15) is 5.10 Å². The Hall–Kier alpha value is -2.13. The van der Waals surface area contributed by atoms with Gasteiger partial charge in [-0.1, -0.05) is 0 Å². The standard InChI is InChI=1S/C11H16N6O2S/c1-13-20(18,19)8-3-4-10(9(12)5-8)14-6-11-15-7-17(2)16-11/h3-5,7,13-14H,6,12H2,1-2H3. The molecule has 4 N–H and O–H groups in total. The van der Waals surface area contributed by atoms with Crippen LogP contribution >= 0.6 is 0 Å². The molecule has 9 heteroatoms. The second-order valence-corrected chi connectivity index (χ2v) is 6.03. The van der Waals surface area contributed by atoms with Crippen LogP contribution in [0.5, 0.6) is 0 Å². The maximum absolute atomic E-state index is 11.6. The summed E-state index contributed by atoms with van der Waals surface area (Å²) < 4.78 is 27.1. The number of nitrogens with two attached hydrogens (primary N) is 1. The molecule has 0 aliphatic carbocycles. The van der Waals surface area contributed by atoms with Gasteiger partial charge < -0.3 is 11.1 Å². The SMILES string of the molecule is CNS(=O)(=O)c1ccc(NCc2ncn(C)n2)c(N)c1. The van der Waals surface area contributed by atoms with Crippen molar-refractivity contribution in [3.8, 4) is 0 Å². The molecule has 0 spiro atoms. The van der Waals surface area contributed by atoms with Crippen LogP contribution < -0.4 is 15.8 Å². The van der Waals surface area contributed by atoms with Crippen molar-refractivity contribution in [1.82, 2.24) is 19.5 Å². The molecule has 108 valence electrons. The van der Waals surface area contributed by atoms with Crippen LogP contribution in [0.2, 0.25) is 0 Å². The molecule has 1 aromatic heterocycles. The summed E-state index contributed by atoms with van der Waals surface area (Å²) in [7, 11) is -0.355. The Balaban J connectivity index is 2.14. The monoisotopic (exact) mass is 296 g/mol. The molecule has 20 heavy (non-hydrogen) atoms.